The molecule has 156 valence electrons. The summed E-state index contributed by atoms with van der Waals surface area (Å²) in [5.41, 5.74) is 4.31. The molecular weight excluding hydrogens is 386 g/mol. The molecule has 7 heteroatoms. The van der Waals surface area contributed by atoms with E-state index in [-0.39, 0.29) is 6.04 Å². The van der Waals surface area contributed by atoms with Crippen molar-refractivity contribution in [2.24, 2.45) is 0 Å². The van der Waals surface area contributed by atoms with Crippen LogP contribution in [-0.4, -0.2) is 30.7 Å². The van der Waals surface area contributed by atoms with Crippen LogP contribution in [0.15, 0.2) is 30.3 Å². The summed E-state index contributed by atoms with van der Waals surface area (Å²) < 4.78 is 4.53. The Hall–Kier alpha value is -3.40. The number of rotatable bonds is 2. The third-order valence-corrected chi connectivity index (χ3v) is 6.85. The van der Waals surface area contributed by atoms with Gasteiger partial charge >= 0.3 is 0 Å². The Morgan fingerprint density at radius 2 is 1.94 bits per heavy atom. The van der Waals surface area contributed by atoms with Gasteiger partial charge in [0.05, 0.1) is 22.6 Å². The van der Waals surface area contributed by atoms with Gasteiger partial charge in [-0.15, -0.1) is 10.2 Å². The predicted octanol–water partition coefficient (Wildman–Crippen LogP) is 4.33. The summed E-state index contributed by atoms with van der Waals surface area (Å²) in [6.07, 6.45) is 6.80. The first-order valence-corrected chi connectivity index (χ1v) is 11.3. The van der Waals surface area contributed by atoms with E-state index in [1.54, 1.807) is 0 Å². The standard InChI is InChI=1S/C24H25N7/c1-16-14-22(31-19-9-3-2-8-18(19)26-23(31)17(16)15-25)29-12-6-4-10-20(29)24-28-27-21-11-5-7-13-30(21)24/h2-3,8-9,14,20H,4-7,10-13H2,1H3. The number of hydrogen-bond acceptors (Lipinski definition) is 5. The fourth-order valence-electron chi connectivity index (χ4n) is 5.33. The van der Waals surface area contributed by atoms with Gasteiger partial charge in [0.2, 0.25) is 0 Å². The number of nitrogens with zero attached hydrogens (tertiary/aromatic N) is 7. The maximum Gasteiger partial charge on any atom is 0.157 e. The number of pyridine rings is 1. The number of anilines is 1. The van der Waals surface area contributed by atoms with Gasteiger partial charge in [-0.25, -0.2) is 4.98 Å². The van der Waals surface area contributed by atoms with Gasteiger partial charge in [-0.05, 0) is 62.8 Å². The molecule has 6 rings (SSSR count). The summed E-state index contributed by atoms with van der Waals surface area (Å²) >= 11 is 0. The van der Waals surface area contributed by atoms with E-state index in [0.29, 0.717) is 5.56 Å². The zero-order chi connectivity index (χ0) is 20.9. The molecule has 0 amide bonds. The maximum atomic E-state index is 9.84. The summed E-state index contributed by atoms with van der Waals surface area (Å²) in [5, 5.41) is 19.0. The third-order valence-electron chi connectivity index (χ3n) is 6.85. The van der Waals surface area contributed by atoms with E-state index in [4.69, 9.17) is 4.98 Å². The number of para-hydroxylation sites is 2. The van der Waals surface area contributed by atoms with E-state index in [2.05, 4.69) is 42.3 Å². The van der Waals surface area contributed by atoms with Crippen LogP contribution in [0, 0.1) is 18.3 Å². The second-order valence-corrected chi connectivity index (χ2v) is 8.72. The molecule has 7 nitrogen and oxygen atoms in total. The molecule has 1 saturated heterocycles. The predicted molar refractivity (Wildman–Crippen MR) is 119 cm³/mol. The summed E-state index contributed by atoms with van der Waals surface area (Å²) in [7, 11) is 0. The Balaban J connectivity index is 1.58. The van der Waals surface area contributed by atoms with Crippen LogP contribution in [0.3, 0.4) is 0 Å². The minimum Gasteiger partial charge on any atom is -0.347 e. The second-order valence-electron chi connectivity index (χ2n) is 8.72. The molecule has 0 spiro atoms. The van der Waals surface area contributed by atoms with Crippen LogP contribution in [0.2, 0.25) is 0 Å². The molecule has 0 aliphatic carbocycles. The highest BCUT2D eigenvalue weighted by Gasteiger charge is 2.32. The van der Waals surface area contributed by atoms with Gasteiger partial charge in [-0.3, -0.25) is 4.40 Å². The first-order chi connectivity index (χ1) is 15.3. The number of nitriles is 1. The van der Waals surface area contributed by atoms with Crippen molar-refractivity contribution in [2.45, 2.75) is 58.0 Å². The Morgan fingerprint density at radius 1 is 1.06 bits per heavy atom. The fourth-order valence-corrected chi connectivity index (χ4v) is 5.33. The van der Waals surface area contributed by atoms with Crippen LogP contribution in [0.4, 0.5) is 5.82 Å². The number of hydrogen-bond donors (Lipinski definition) is 0. The number of piperidine rings is 1. The highest BCUT2D eigenvalue weighted by molar-refractivity contribution is 5.85. The van der Waals surface area contributed by atoms with Gasteiger partial charge in [0, 0.05) is 19.5 Å². The molecule has 0 N–H and O–H groups in total. The molecule has 3 aromatic heterocycles. The van der Waals surface area contributed by atoms with Crippen LogP contribution in [0.5, 0.6) is 0 Å². The first kappa shape index (κ1) is 18.4. The smallest absolute Gasteiger partial charge is 0.157 e. The topological polar surface area (TPSA) is 75.0 Å². The van der Waals surface area contributed by atoms with Crippen molar-refractivity contribution in [3.05, 3.63) is 53.1 Å². The van der Waals surface area contributed by atoms with Crippen LogP contribution in [-0.2, 0) is 13.0 Å². The van der Waals surface area contributed by atoms with Crippen molar-refractivity contribution in [2.75, 3.05) is 11.4 Å². The summed E-state index contributed by atoms with van der Waals surface area (Å²) in [6.45, 7) is 3.98. The van der Waals surface area contributed by atoms with E-state index in [1.807, 2.05) is 25.1 Å². The quantitative estimate of drug-likeness (QED) is 0.491. The first-order valence-electron chi connectivity index (χ1n) is 11.3. The molecule has 0 radical (unpaired) electrons. The summed E-state index contributed by atoms with van der Waals surface area (Å²) in [5.74, 6) is 3.31. The van der Waals surface area contributed by atoms with E-state index in [9.17, 15) is 5.26 Å². The number of fused-ring (bicyclic) bond motifs is 4. The summed E-state index contributed by atoms with van der Waals surface area (Å²) in [6, 6.07) is 12.9. The average Bonchev–Trinajstić information content (AvgIpc) is 3.40. The molecule has 31 heavy (non-hydrogen) atoms. The van der Waals surface area contributed by atoms with Gasteiger partial charge in [0.1, 0.15) is 17.7 Å². The van der Waals surface area contributed by atoms with E-state index < -0.39 is 0 Å². The van der Waals surface area contributed by atoms with Gasteiger partial charge in [0.15, 0.2) is 11.5 Å². The van der Waals surface area contributed by atoms with Gasteiger partial charge in [-0.2, -0.15) is 5.26 Å². The fraction of sp³-hybridized carbons (Fsp3) is 0.417. The van der Waals surface area contributed by atoms with E-state index in [0.717, 1.165) is 72.1 Å². The second kappa shape index (κ2) is 7.09. The lowest BCUT2D eigenvalue weighted by atomic mass is 10.00. The lowest BCUT2D eigenvalue weighted by Gasteiger charge is -2.37. The van der Waals surface area contributed by atoms with Crippen LogP contribution in [0.1, 0.15) is 60.9 Å². The van der Waals surface area contributed by atoms with Crippen LogP contribution < -0.4 is 4.90 Å². The van der Waals surface area contributed by atoms with Crippen molar-refractivity contribution < 1.29 is 0 Å². The van der Waals surface area contributed by atoms with E-state index >= 15 is 0 Å². The van der Waals surface area contributed by atoms with Gasteiger partial charge in [0.25, 0.3) is 0 Å². The van der Waals surface area contributed by atoms with Crippen LogP contribution >= 0.6 is 0 Å². The minimum absolute atomic E-state index is 0.185. The van der Waals surface area contributed by atoms with Gasteiger partial charge < -0.3 is 9.47 Å². The molecule has 1 unspecified atom stereocenters. The molecule has 5 heterocycles. The summed E-state index contributed by atoms with van der Waals surface area (Å²) in [4.78, 5) is 7.32. The molecule has 2 aliphatic rings. The van der Waals surface area contributed by atoms with E-state index in [1.165, 1.54) is 19.3 Å². The molecule has 0 saturated carbocycles. The zero-order valence-corrected chi connectivity index (χ0v) is 17.8. The SMILES string of the molecule is Cc1cc(N2CCCCC2c2nnc3n2CCCC3)n2c(nc3ccccc32)c1C#N. The number of aromatic nitrogens is 5. The highest BCUT2D eigenvalue weighted by Crippen LogP contribution is 2.38. The van der Waals surface area contributed by atoms with Crippen molar-refractivity contribution in [3.63, 3.8) is 0 Å². The Bertz CT molecular complexity index is 1340. The maximum absolute atomic E-state index is 9.84. The van der Waals surface area contributed by atoms with Crippen molar-refractivity contribution >= 4 is 22.5 Å². The normalized spacial score (nSPS) is 19.0. The minimum atomic E-state index is 0.185. The lowest BCUT2D eigenvalue weighted by Crippen LogP contribution is -2.36. The monoisotopic (exact) mass is 411 g/mol. The largest absolute Gasteiger partial charge is 0.347 e. The number of benzene rings is 1. The van der Waals surface area contributed by atoms with Crippen LogP contribution in [0.25, 0.3) is 16.7 Å². The molecule has 2 aliphatic heterocycles. The molecule has 4 aromatic rings. The molecular formula is C24H25N7. The Labute approximate surface area is 180 Å². The Kier molecular flexibility index (Phi) is 4.20. The Morgan fingerprint density at radius 3 is 2.84 bits per heavy atom. The number of imidazole rings is 1. The number of aryl methyl sites for hydroxylation is 2. The molecule has 1 fully saturated rings. The lowest BCUT2D eigenvalue weighted by molar-refractivity contribution is 0.420. The van der Waals surface area contributed by atoms with Crippen molar-refractivity contribution in [1.82, 2.24) is 24.1 Å². The highest BCUT2D eigenvalue weighted by atomic mass is 15.3. The molecule has 1 aromatic carbocycles. The zero-order valence-electron chi connectivity index (χ0n) is 17.8. The third kappa shape index (κ3) is 2.74. The van der Waals surface area contributed by atoms with Crippen molar-refractivity contribution in [3.8, 4) is 6.07 Å². The molecule has 1 atom stereocenters. The average molecular weight is 412 g/mol. The molecule has 0 bridgehead atoms. The van der Waals surface area contributed by atoms with Gasteiger partial charge in [-0.1, -0.05) is 12.1 Å². The van der Waals surface area contributed by atoms with Crippen molar-refractivity contribution in [1.29, 1.82) is 5.26 Å².